The number of alkyl halides is 1. The zero-order valence-electron chi connectivity index (χ0n) is 9.94. The van der Waals surface area contributed by atoms with Crippen molar-refractivity contribution < 1.29 is 19.1 Å². The van der Waals surface area contributed by atoms with E-state index >= 15 is 0 Å². The van der Waals surface area contributed by atoms with Crippen LogP contribution in [0, 0.1) is 0 Å². The van der Waals surface area contributed by atoms with Gasteiger partial charge in [0.25, 0.3) is 0 Å². The number of hydrogen-bond acceptors (Lipinski definition) is 4. The lowest BCUT2D eigenvalue weighted by Gasteiger charge is -2.10. The summed E-state index contributed by atoms with van der Waals surface area (Å²) >= 11 is 5.43. The van der Waals surface area contributed by atoms with E-state index < -0.39 is 5.97 Å². The predicted octanol–water partition coefficient (Wildman–Crippen LogP) is 2.03. The summed E-state index contributed by atoms with van der Waals surface area (Å²) in [6.07, 6.45) is 0.584. The molecule has 18 heavy (non-hydrogen) atoms. The highest BCUT2D eigenvalue weighted by Crippen LogP contribution is 2.16. The third-order valence-electron chi connectivity index (χ3n) is 2.33. The van der Waals surface area contributed by atoms with E-state index in [0.29, 0.717) is 11.8 Å². The Balaban J connectivity index is 3.19. The predicted molar refractivity (Wildman–Crippen MR) is 67.2 cm³/mol. The maximum absolute atomic E-state index is 11.8. The van der Waals surface area contributed by atoms with Crippen LogP contribution in [0.15, 0.2) is 18.2 Å². The van der Waals surface area contributed by atoms with Gasteiger partial charge in [0.15, 0.2) is 12.1 Å². The molecule has 0 heterocycles. The lowest BCUT2D eigenvalue weighted by molar-refractivity contribution is -0.116. The first-order chi connectivity index (χ1) is 8.63. The molecule has 0 unspecified atom stereocenters. The first-order valence-electron chi connectivity index (χ1n) is 5.45. The molecule has 0 N–H and O–H groups in total. The van der Waals surface area contributed by atoms with Crippen LogP contribution >= 0.6 is 11.6 Å². The van der Waals surface area contributed by atoms with E-state index in [2.05, 4.69) is 0 Å². The number of rotatable bonds is 6. The molecule has 0 aliphatic heterocycles. The lowest BCUT2D eigenvalue weighted by atomic mass is 9.98. The maximum atomic E-state index is 11.8. The third kappa shape index (κ3) is 3.40. The van der Waals surface area contributed by atoms with Gasteiger partial charge in [-0.3, -0.25) is 9.59 Å². The van der Waals surface area contributed by atoms with E-state index in [1.807, 2.05) is 0 Å². The van der Waals surface area contributed by atoms with Crippen molar-refractivity contribution in [3.63, 3.8) is 0 Å². The van der Waals surface area contributed by atoms with Crippen LogP contribution in [-0.2, 0) is 16.0 Å². The van der Waals surface area contributed by atoms with Gasteiger partial charge >= 0.3 is 5.97 Å². The fourth-order valence-corrected chi connectivity index (χ4v) is 1.67. The van der Waals surface area contributed by atoms with E-state index in [1.54, 1.807) is 19.1 Å². The van der Waals surface area contributed by atoms with Gasteiger partial charge in [0.1, 0.15) is 0 Å². The van der Waals surface area contributed by atoms with Crippen molar-refractivity contribution in [2.75, 3.05) is 12.5 Å². The number of benzene rings is 1. The van der Waals surface area contributed by atoms with Crippen LogP contribution in [0.1, 0.15) is 33.2 Å². The van der Waals surface area contributed by atoms with E-state index in [1.165, 1.54) is 6.07 Å². The van der Waals surface area contributed by atoms with Crippen molar-refractivity contribution in [3.8, 4) is 0 Å². The summed E-state index contributed by atoms with van der Waals surface area (Å²) in [7, 11) is 0. The van der Waals surface area contributed by atoms with Crippen molar-refractivity contribution in [2.45, 2.75) is 13.3 Å². The van der Waals surface area contributed by atoms with E-state index in [-0.39, 0.29) is 35.8 Å². The molecular formula is C13H13ClO4. The zero-order valence-corrected chi connectivity index (χ0v) is 10.7. The molecular weight excluding hydrogens is 256 g/mol. The van der Waals surface area contributed by atoms with Crippen LogP contribution in [0.5, 0.6) is 0 Å². The summed E-state index contributed by atoms with van der Waals surface area (Å²) in [5, 5.41) is 0. The number of Topliss-reactive ketones (excluding diaryl/α,β-unsaturated/α-hetero) is 1. The first-order valence-corrected chi connectivity index (χ1v) is 5.99. The fourth-order valence-electron chi connectivity index (χ4n) is 1.58. The Bertz CT molecular complexity index is 468. The highest BCUT2D eigenvalue weighted by atomic mass is 35.5. The van der Waals surface area contributed by atoms with Crippen molar-refractivity contribution in [1.82, 2.24) is 0 Å². The van der Waals surface area contributed by atoms with Crippen molar-refractivity contribution >= 4 is 29.6 Å². The third-order valence-corrected chi connectivity index (χ3v) is 2.62. The second-order valence-electron chi connectivity index (χ2n) is 3.57. The van der Waals surface area contributed by atoms with Gasteiger partial charge in [0.05, 0.1) is 18.1 Å². The molecule has 5 heteroatoms. The molecule has 1 aromatic rings. The fraction of sp³-hybridized carbons (Fsp3) is 0.308. The van der Waals surface area contributed by atoms with Crippen LogP contribution < -0.4 is 0 Å². The summed E-state index contributed by atoms with van der Waals surface area (Å²) in [5.41, 5.74) is 0.824. The first kappa shape index (κ1) is 14.4. The summed E-state index contributed by atoms with van der Waals surface area (Å²) < 4.78 is 4.88. The number of carbonyl (C=O) groups excluding carboxylic acids is 3. The number of carbonyl (C=O) groups is 3. The average molecular weight is 269 g/mol. The van der Waals surface area contributed by atoms with Crippen LogP contribution in [0.3, 0.4) is 0 Å². The number of halogens is 1. The van der Waals surface area contributed by atoms with Gasteiger partial charge < -0.3 is 4.74 Å². The van der Waals surface area contributed by atoms with Crippen LogP contribution in [0.4, 0.5) is 0 Å². The second kappa shape index (κ2) is 6.91. The molecule has 0 amide bonds. The SMILES string of the molecule is CCOC(=O)c1c(C=O)cccc1CC(=O)CCl. The molecule has 1 rings (SSSR count). The Labute approximate surface area is 110 Å². The Kier molecular flexibility index (Phi) is 5.52. The largest absolute Gasteiger partial charge is 0.462 e. The summed E-state index contributed by atoms with van der Waals surface area (Å²) in [5.74, 6) is -0.948. The molecule has 0 radical (unpaired) electrons. The Morgan fingerprint density at radius 3 is 2.67 bits per heavy atom. The monoisotopic (exact) mass is 268 g/mol. The van der Waals surface area contributed by atoms with Gasteiger partial charge in [-0.2, -0.15) is 0 Å². The quantitative estimate of drug-likeness (QED) is 0.450. The topological polar surface area (TPSA) is 60.4 Å². The molecule has 0 fully saturated rings. The van der Waals surface area contributed by atoms with E-state index in [0.717, 1.165) is 0 Å². The molecule has 0 spiro atoms. The number of esters is 1. The molecule has 96 valence electrons. The summed E-state index contributed by atoms with van der Waals surface area (Å²) in [6.45, 7) is 1.87. The molecule has 0 aromatic heterocycles. The minimum Gasteiger partial charge on any atom is -0.462 e. The Hall–Kier alpha value is -1.68. The minimum atomic E-state index is -0.599. The van der Waals surface area contributed by atoms with Crippen LogP contribution in [-0.4, -0.2) is 30.5 Å². The van der Waals surface area contributed by atoms with Crippen molar-refractivity contribution in [1.29, 1.82) is 0 Å². The van der Waals surface area contributed by atoms with Gasteiger partial charge in [-0.15, -0.1) is 11.6 Å². The van der Waals surface area contributed by atoms with Gasteiger partial charge in [0.2, 0.25) is 0 Å². The molecule has 0 atom stereocenters. The van der Waals surface area contributed by atoms with E-state index in [4.69, 9.17) is 16.3 Å². The van der Waals surface area contributed by atoms with Crippen LogP contribution in [0.2, 0.25) is 0 Å². The number of ketones is 1. The molecule has 0 saturated heterocycles. The number of aldehydes is 1. The number of hydrogen-bond donors (Lipinski definition) is 0. The van der Waals surface area contributed by atoms with Crippen LogP contribution in [0.25, 0.3) is 0 Å². The molecule has 0 saturated carbocycles. The van der Waals surface area contributed by atoms with E-state index in [9.17, 15) is 14.4 Å². The Morgan fingerprint density at radius 1 is 1.39 bits per heavy atom. The van der Waals surface area contributed by atoms with Gasteiger partial charge in [0, 0.05) is 12.0 Å². The molecule has 0 aliphatic carbocycles. The smallest absolute Gasteiger partial charge is 0.339 e. The van der Waals surface area contributed by atoms with Gasteiger partial charge in [-0.25, -0.2) is 4.79 Å². The minimum absolute atomic E-state index is 0.0132. The second-order valence-corrected chi connectivity index (χ2v) is 3.84. The standard InChI is InChI=1S/C13H13ClO4/c1-2-18-13(17)12-9(6-11(16)7-14)4-3-5-10(12)8-15/h3-5,8H,2,6-7H2,1H3. The highest BCUT2D eigenvalue weighted by Gasteiger charge is 2.18. The van der Waals surface area contributed by atoms with Crippen molar-refractivity contribution in [3.05, 3.63) is 34.9 Å². The van der Waals surface area contributed by atoms with Crippen molar-refractivity contribution in [2.24, 2.45) is 0 Å². The average Bonchev–Trinajstić information content (AvgIpc) is 2.38. The molecule has 1 aromatic carbocycles. The summed E-state index contributed by atoms with van der Waals surface area (Å²) in [4.78, 5) is 34.1. The van der Waals surface area contributed by atoms with Gasteiger partial charge in [-0.1, -0.05) is 18.2 Å². The lowest BCUT2D eigenvalue weighted by Crippen LogP contribution is -2.14. The van der Waals surface area contributed by atoms with Gasteiger partial charge in [-0.05, 0) is 12.5 Å². The highest BCUT2D eigenvalue weighted by molar-refractivity contribution is 6.27. The number of ether oxygens (including phenoxy) is 1. The Morgan fingerprint density at radius 2 is 2.11 bits per heavy atom. The molecule has 0 bridgehead atoms. The summed E-state index contributed by atoms with van der Waals surface area (Å²) in [6, 6.07) is 4.74. The normalized spacial score (nSPS) is 9.89. The zero-order chi connectivity index (χ0) is 13.5. The maximum Gasteiger partial charge on any atom is 0.339 e. The molecule has 4 nitrogen and oxygen atoms in total. The molecule has 0 aliphatic rings.